The van der Waals surface area contributed by atoms with E-state index in [4.69, 9.17) is 0 Å². The third-order valence-electron chi connectivity index (χ3n) is 2.73. The van der Waals surface area contributed by atoms with Crippen molar-refractivity contribution in [2.45, 2.75) is 32.3 Å². The number of hydrogen-bond donors (Lipinski definition) is 2. The van der Waals surface area contributed by atoms with Gasteiger partial charge in [-0.05, 0) is 37.9 Å². The summed E-state index contributed by atoms with van der Waals surface area (Å²) in [4.78, 5) is 2.30. The number of hydrogen-bond acceptors (Lipinski definition) is 3. The van der Waals surface area contributed by atoms with Gasteiger partial charge in [0.2, 0.25) is 0 Å². The molecule has 0 aromatic heterocycles. The van der Waals surface area contributed by atoms with E-state index >= 15 is 0 Å². The Bertz CT molecular complexity index is 194. The molecule has 0 aromatic carbocycles. The minimum atomic E-state index is -0.129. The molecule has 0 radical (unpaired) electrons. The van der Waals surface area contributed by atoms with Crippen LogP contribution in [0.5, 0.6) is 0 Å². The van der Waals surface area contributed by atoms with E-state index < -0.39 is 0 Å². The quantitative estimate of drug-likeness (QED) is 0.509. The molecule has 1 aliphatic heterocycles. The lowest BCUT2D eigenvalue weighted by molar-refractivity contribution is 0.0755. The SMILES string of the molecule is C=C(CNCCC)CN1CCCC(O)C1. The zero-order chi connectivity index (χ0) is 11.1. The van der Waals surface area contributed by atoms with Crippen LogP contribution in [0.2, 0.25) is 0 Å². The van der Waals surface area contributed by atoms with Crippen molar-refractivity contribution in [3.8, 4) is 0 Å². The van der Waals surface area contributed by atoms with Crippen molar-refractivity contribution in [2.24, 2.45) is 0 Å². The van der Waals surface area contributed by atoms with Crippen LogP contribution in [0.4, 0.5) is 0 Å². The van der Waals surface area contributed by atoms with Crippen molar-refractivity contribution in [3.63, 3.8) is 0 Å². The van der Waals surface area contributed by atoms with Gasteiger partial charge >= 0.3 is 0 Å². The van der Waals surface area contributed by atoms with Gasteiger partial charge in [-0.3, -0.25) is 4.90 Å². The molecule has 1 saturated heterocycles. The monoisotopic (exact) mass is 212 g/mol. The highest BCUT2D eigenvalue weighted by Gasteiger charge is 2.17. The highest BCUT2D eigenvalue weighted by molar-refractivity contribution is 5.00. The van der Waals surface area contributed by atoms with Crippen molar-refractivity contribution < 1.29 is 5.11 Å². The topological polar surface area (TPSA) is 35.5 Å². The summed E-state index contributed by atoms with van der Waals surface area (Å²) in [5.74, 6) is 0. The summed E-state index contributed by atoms with van der Waals surface area (Å²) in [5, 5.41) is 12.9. The number of nitrogens with zero attached hydrogens (tertiary/aromatic N) is 1. The van der Waals surface area contributed by atoms with Crippen molar-refractivity contribution in [1.29, 1.82) is 0 Å². The number of rotatable bonds is 6. The molecule has 2 N–H and O–H groups in total. The van der Waals surface area contributed by atoms with Gasteiger partial charge in [-0.2, -0.15) is 0 Å². The summed E-state index contributed by atoms with van der Waals surface area (Å²) in [6.45, 7) is 11.0. The Morgan fingerprint density at radius 1 is 1.60 bits per heavy atom. The van der Waals surface area contributed by atoms with Crippen molar-refractivity contribution in [1.82, 2.24) is 10.2 Å². The molecule has 0 bridgehead atoms. The molecule has 1 unspecified atom stereocenters. The average molecular weight is 212 g/mol. The molecule has 1 rings (SSSR count). The van der Waals surface area contributed by atoms with Gasteiger partial charge in [-0.25, -0.2) is 0 Å². The second-order valence-corrected chi connectivity index (χ2v) is 4.46. The lowest BCUT2D eigenvalue weighted by atomic mass is 10.1. The van der Waals surface area contributed by atoms with Crippen LogP contribution in [0.3, 0.4) is 0 Å². The maximum Gasteiger partial charge on any atom is 0.0667 e. The van der Waals surface area contributed by atoms with Crippen LogP contribution in [0.1, 0.15) is 26.2 Å². The second-order valence-electron chi connectivity index (χ2n) is 4.46. The molecule has 1 heterocycles. The van der Waals surface area contributed by atoms with Gasteiger partial charge in [-0.15, -0.1) is 0 Å². The molecule has 0 aromatic rings. The number of nitrogens with one attached hydrogen (secondary N) is 1. The molecule has 1 aliphatic rings. The fraction of sp³-hybridized carbons (Fsp3) is 0.833. The fourth-order valence-corrected chi connectivity index (χ4v) is 1.99. The van der Waals surface area contributed by atoms with E-state index in [9.17, 15) is 5.11 Å². The summed E-state index contributed by atoms with van der Waals surface area (Å²) in [6.07, 6.45) is 3.10. The molecule has 0 aliphatic carbocycles. The van der Waals surface area contributed by atoms with Crippen LogP contribution in [0.25, 0.3) is 0 Å². The first-order valence-corrected chi connectivity index (χ1v) is 6.00. The van der Waals surface area contributed by atoms with E-state index in [1.54, 1.807) is 0 Å². The Kier molecular flexibility index (Phi) is 5.91. The van der Waals surface area contributed by atoms with E-state index in [1.165, 1.54) is 5.57 Å². The Morgan fingerprint density at radius 2 is 2.40 bits per heavy atom. The normalized spacial score (nSPS) is 22.9. The molecule has 1 atom stereocenters. The first-order valence-electron chi connectivity index (χ1n) is 6.00. The van der Waals surface area contributed by atoms with Crippen LogP contribution in [0.15, 0.2) is 12.2 Å². The van der Waals surface area contributed by atoms with Gasteiger partial charge in [0.25, 0.3) is 0 Å². The first-order chi connectivity index (χ1) is 7.22. The molecular formula is C12H24N2O. The predicted octanol–water partition coefficient (Wildman–Crippen LogP) is 0.999. The van der Waals surface area contributed by atoms with E-state index in [-0.39, 0.29) is 6.10 Å². The standard InChI is InChI=1S/C12H24N2O/c1-3-6-13-8-11(2)9-14-7-4-5-12(15)10-14/h12-13,15H,2-10H2,1H3. The molecule has 15 heavy (non-hydrogen) atoms. The van der Waals surface area contributed by atoms with Crippen molar-refractivity contribution in [2.75, 3.05) is 32.7 Å². The van der Waals surface area contributed by atoms with Gasteiger partial charge in [-0.1, -0.05) is 13.5 Å². The third kappa shape index (κ3) is 5.30. The summed E-state index contributed by atoms with van der Waals surface area (Å²) in [7, 11) is 0. The van der Waals surface area contributed by atoms with Gasteiger partial charge in [0.1, 0.15) is 0 Å². The summed E-state index contributed by atoms with van der Waals surface area (Å²) in [6, 6.07) is 0. The van der Waals surface area contributed by atoms with Crippen LogP contribution in [-0.4, -0.2) is 48.8 Å². The maximum absolute atomic E-state index is 9.52. The van der Waals surface area contributed by atoms with Crippen LogP contribution in [0, 0.1) is 0 Å². The highest BCUT2D eigenvalue weighted by atomic mass is 16.3. The van der Waals surface area contributed by atoms with Crippen molar-refractivity contribution in [3.05, 3.63) is 12.2 Å². The molecule has 0 amide bonds. The number of β-amino-alcohol motifs (C(OH)–C–C–N with tert-alkyl or cyclic N) is 1. The second kappa shape index (κ2) is 6.99. The highest BCUT2D eigenvalue weighted by Crippen LogP contribution is 2.10. The maximum atomic E-state index is 9.52. The van der Waals surface area contributed by atoms with E-state index in [2.05, 4.69) is 23.7 Å². The van der Waals surface area contributed by atoms with Gasteiger partial charge < -0.3 is 10.4 Å². The molecular weight excluding hydrogens is 188 g/mol. The minimum Gasteiger partial charge on any atom is -0.392 e. The summed E-state index contributed by atoms with van der Waals surface area (Å²) >= 11 is 0. The number of likely N-dealkylation sites (tertiary alicyclic amines) is 1. The zero-order valence-corrected chi connectivity index (χ0v) is 9.84. The van der Waals surface area contributed by atoms with Gasteiger partial charge in [0.15, 0.2) is 0 Å². The lowest BCUT2D eigenvalue weighted by Gasteiger charge is -2.30. The minimum absolute atomic E-state index is 0.129. The van der Waals surface area contributed by atoms with E-state index in [0.29, 0.717) is 0 Å². The average Bonchev–Trinajstić information content (AvgIpc) is 2.18. The molecule has 3 nitrogen and oxygen atoms in total. The number of aliphatic hydroxyl groups excluding tert-OH is 1. The number of piperidine rings is 1. The predicted molar refractivity (Wildman–Crippen MR) is 64.0 cm³/mol. The van der Waals surface area contributed by atoms with Crippen LogP contribution >= 0.6 is 0 Å². The van der Waals surface area contributed by atoms with Gasteiger partial charge in [0, 0.05) is 19.6 Å². The Labute approximate surface area is 93.2 Å². The summed E-state index contributed by atoms with van der Waals surface area (Å²) < 4.78 is 0. The van der Waals surface area contributed by atoms with Crippen molar-refractivity contribution >= 4 is 0 Å². The van der Waals surface area contributed by atoms with E-state index in [1.807, 2.05) is 0 Å². The fourth-order valence-electron chi connectivity index (χ4n) is 1.99. The van der Waals surface area contributed by atoms with E-state index in [0.717, 1.165) is 52.0 Å². The smallest absolute Gasteiger partial charge is 0.0667 e. The third-order valence-corrected chi connectivity index (χ3v) is 2.73. The van der Waals surface area contributed by atoms with Gasteiger partial charge in [0.05, 0.1) is 6.10 Å². The Balaban J connectivity index is 2.13. The lowest BCUT2D eigenvalue weighted by Crippen LogP contribution is -2.40. The molecule has 3 heteroatoms. The first kappa shape index (κ1) is 12.7. The molecule has 0 spiro atoms. The van der Waals surface area contributed by atoms with Crippen LogP contribution in [-0.2, 0) is 0 Å². The molecule has 88 valence electrons. The number of aliphatic hydroxyl groups is 1. The van der Waals surface area contributed by atoms with Crippen LogP contribution < -0.4 is 5.32 Å². The Morgan fingerprint density at radius 3 is 3.07 bits per heavy atom. The zero-order valence-electron chi connectivity index (χ0n) is 9.84. The molecule has 1 fully saturated rings. The Hall–Kier alpha value is -0.380. The summed E-state index contributed by atoms with van der Waals surface area (Å²) in [5.41, 5.74) is 1.22. The largest absolute Gasteiger partial charge is 0.392 e. The molecule has 0 saturated carbocycles.